The largest absolute Gasteiger partial charge is 0.384 e. The van der Waals surface area contributed by atoms with E-state index in [0.717, 1.165) is 30.8 Å². The van der Waals surface area contributed by atoms with Crippen LogP contribution >= 0.6 is 0 Å². The molecule has 7 nitrogen and oxygen atoms in total. The maximum absolute atomic E-state index is 12.5. The number of carbonyl (C=O) groups is 1. The molecule has 0 aromatic carbocycles. The molecule has 0 unspecified atom stereocenters. The summed E-state index contributed by atoms with van der Waals surface area (Å²) in [6.45, 7) is 3.86. The third-order valence-corrected chi connectivity index (χ3v) is 4.14. The normalized spacial score (nSPS) is 17.9. The Balaban J connectivity index is 1.53. The molecule has 1 atom stereocenters. The van der Waals surface area contributed by atoms with Crippen LogP contribution in [0.4, 0.5) is 5.82 Å². The second-order valence-corrected chi connectivity index (χ2v) is 6.10. The van der Waals surface area contributed by atoms with E-state index in [-0.39, 0.29) is 18.6 Å². The number of anilines is 1. The lowest BCUT2D eigenvalue weighted by Gasteiger charge is -2.32. The first-order valence-electron chi connectivity index (χ1n) is 8.21. The minimum absolute atomic E-state index is 0.0240. The van der Waals surface area contributed by atoms with Crippen molar-refractivity contribution in [3.63, 3.8) is 0 Å². The van der Waals surface area contributed by atoms with Crippen LogP contribution in [0, 0.1) is 6.92 Å². The molecule has 24 heavy (non-hydrogen) atoms. The molecule has 3 heterocycles. The number of nitrogens with zero attached hydrogens (tertiary/aromatic N) is 4. The SMILES string of the molecule is Cc1cc(N)n(CC(=O)N2CCC[C@H](OCc3ccccn3)C2)n1. The summed E-state index contributed by atoms with van der Waals surface area (Å²) in [5, 5.41) is 4.24. The van der Waals surface area contributed by atoms with E-state index in [4.69, 9.17) is 10.5 Å². The van der Waals surface area contributed by atoms with Gasteiger partial charge in [0.25, 0.3) is 0 Å². The highest BCUT2D eigenvalue weighted by molar-refractivity contribution is 5.76. The summed E-state index contributed by atoms with van der Waals surface area (Å²) >= 11 is 0. The lowest BCUT2D eigenvalue weighted by molar-refractivity contribution is -0.136. The number of hydrogen-bond acceptors (Lipinski definition) is 5. The number of amides is 1. The predicted octanol–water partition coefficient (Wildman–Crippen LogP) is 1.38. The van der Waals surface area contributed by atoms with Crippen LogP contribution in [0.25, 0.3) is 0 Å². The fourth-order valence-corrected chi connectivity index (χ4v) is 2.91. The Morgan fingerprint density at radius 3 is 3.04 bits per heavy atom. The first kappa shape index (κ1) is 16.4. The summed E-state index contributed by atoms with van der Waals surface area (Å²) in [5.41, 5.74) is 7.58. The zero-order valence-electron chi connectivity index (χ0n) is 13.9. The molecule has 0 spiro atoms. The molecule has 1 aliphatic heterocycles. The van der Waals surface area contributed by atoms with Gasteiger partial charge in [0.15, 0.2) is 0 Å². The summed E-state index contributed by atoms with van der Waals surface area (Å²) in [6.07, 6.45) is 3.69. The number of ether oxygens (including phenoxy) is 1. The van der Waals surface area contributed by atoms with Crippen LogP contribution in [0.15, 0.2) is 30.5 Å². The highest BCUT2D eigenvalue weighted by atomic mass is 16.5. The van der Waals surface area contributed by atoms with Gasteiger partial charge in [-0.15, -0.1) is 0 Å². The summed E-state index contributed by atoms with van der Waals surface area (Å²) in [4.78, 5) is 18.6. The van der Waals surface area contributed by atoms with Crippen LogP contribution in [0.1, 0.15) is 24.2 Å². The molecule has 0 radical (unpaired) electrons. The lowest BCUT2D eigenvalue weighted by Crippen LogP contribution is -2.44. The average Bonchev–Trinajstić information content (AvgIpc) is 2.91. The molecule has 0 bridgehead atoms. The number of hydrogen-bond donors (Lipinski definition) is 1. The van der Waals surface area contributed by atoms with E-state index in [1.54, 1.807) is 16.9 Å². The van der Waals surface area contributed by atoms with Gasteiger partial charge in [0, 0.05) is 25.4 Å². The topological polar surface area (TPSA) is 86.3 Å². The quantitative estimate of drug-likeness (QED) is 0.895. The molecule has 1 amide bonds. The van der Waals surface area contributed by atoms with Gasteiger partial charge < -0.3 is 15.4 Å². The van der Waals surface area contributed by atoms with Crippen molar-refractivity contribution in [3.8, 4) is 0 Å². The first-order valence-corrected chi connectivity index (χ1v) is 8.21. The van der Waals surface area contributed by atoms with E-state index in [9.17, 15) is 4.79 Å². The lowest BCUT2D eigenvalue weighted by atomic mass is 10.1. The smallest absolute Gasteiger partial charge is 0.244 e. The molecule has 3 rings (SSSR count). The molecule has 0 saturated carbocycles. The van der Waals surface area contributed by atoms with E-state index in [2.05, 4.69) is 10.1 Å². The van der Waals surface area contributed by atoms with Gasteiger partial charge in [-0.05, 0) is 31.9 Å². The summed E-state index contributed by atoms with van der Waals surface area (Å²) in [5.74, 6) is 0.539. The minimum Gasteiger partial charge on any atom is -0.384 e. The fourth-order valence-electron chi connectivity index (χ4n) is 2.91. The van der Waals surface area contributed by atoms with Crippen molar-refractivity contribution in [2.45, 2.75) is 39.0 Å². The zero-order valence-corrected chi connectivity index (χ0v) is 13.9. The number of rotatable bonds is 5. The van der Waals surface area contributed by atoms with Crippen LogP contribution in [-0.4, -0.2) is 44.8 Å². The molecule has 2 aromatic heterocycles. The molecule has 1 saturated heterocycles. The Labute approximate surface area is 141 Å². The van der Waals surface area contributed by atoms with Crippen LogP contribution in [-0.2, 0) is 22.7 Å². The van der Waals surface area contributed by atoms with E-state index < -0.39 is 0 Å². The number of piperidine rings is 1. The molecule has 1 aliphatic rings. The number of carbonyl (C=O) groups excluding carboxylic acids is 1. The van der Waals surface area contributed by atoms with E-state index in [1.165, 1.54) is 0 Å². The minimum atomic E-state index is 0.0240. The molecule has 1 fully saturated rings. The van der Waals surface area contributed by atoms with Gasteiger partial charge >= 0.3 is 0 Å². The van der Waals surface area contributed by atoms with Gasteiger partial charge in [0.2, 0.25) is 5.91 Å². The molecular formula is C17H23N5O2. The van der Waals surface area contributed by atoms with Crippen molar-refractivity contribution in [3.05, 3.63) is 41.9 Å². The molecule has 128 valence electrons. The summed E-state index contributed by atoms with van der Waals surface area (Å²) < 4.78 is 7.48. The van der Waals surface area contributed by atoms with E-state index in [0.29, 0.717) is 19.0 Å². The molecular weight excluding hydrogens is 306 g/mol. The number of nitrogen functional groups attached to an aromatic ring is 1. The third kappa shape index (κ3) is 4.11. The predicted molar refractivity (Wildman–Crippen MR) is 90.0 cm³/mol. The number of nitrogens with two attached hydrogens (primary N) is 1. The highest BCUT2D eigenvalue weighted by Crippen LogP contribution is 2.16. The Hall–Kier alpha value is -2.41. The number of aryl methyl sites for hydroxylation is 1. The average molecular weight is 329 g/mol. The van der Waals surface area contributed by atoms with Gasteiger partial charge in [-0.1, -0.05) is 6.07 Å². The van der Waals surface area contributed by atoms with Crippen LogP contribution in [0.2, 0.25) is 0 Å². The van der Waals surface area contributed by atoms with E-state index in [1.807, 2.05) is 30.0 Å². The second kappa shape index (κ2) is 7.44. The van der Waals surface area contributed by atoms with Crippen molar-refractivity contribution in [1.82, 2.24) is 19.7 Å². The van der Waals surface area contributed by atoms with Crippen molar-refractivity contribution in [2.24, 2.45) is 0 Å². The van der Waals surface area contributed by atoms with Gasteiger partial charge in [-0.2, -0.15) is 5.10 Å². The standard InChI is InChI=1S/C17H23N5O2/c1-13-9-16(18)22(20-13)11-17(23)21-8-4-6-15(10-21)24-12-14-5-2-3-7-19-14/h2-3,5,7,9,15H,4,6,8,10-12,18H2,1H3/t15-/m0/s1. The van der Waals surface area contributed by atoms with E-state index >= 15 is 0 Å². The molecule has 2 aromatic rings. The van der Waals surface area contributed by atoms with Crippen molar-refractivity contribution in [1.29, 1.82) is 0 Å². The van der Waals surface area contributed by atoms with Gasteiger partial charge in [-0.25, -0.2) is 4.68 Å². The van der Waals surface area contributed by atoms with Gasteiger partial charge in [-0.3, -0.25) is 9.78 Å². The zero-order chi connectivity index (χ0) is 16.9. The van der Waals surface area contributed by atoms with Crippen molar-refractivity contribution < 1.29 is 9.53 Å². The summed E-state index contributed by atoms with van der Waals surface area (Å²) in [7, 11) is 0. The second-order valence-electron chi connectivity index (χ2n) is 6.10. The fraction of sp³-hybridized carbons (Fsp3) is 0.471. The van der Waals surface area contributed by atoms with Gasteiger partial charge in [0.1, 0.15) is 12.4 Å². The monoisotopic (exact) mass is 329 g/mol. The third-order valence-electron chi connectivity index (χ3n) is 4.14. The van der Waals surface area contributed by atoms with Crippen LogP contribution in [0.5, 0.6) is 0 Å². The molecule has 0 aliphatic carbocycles. The van der Waals surface area contributed by atoms with Gasteiger partial charge in [0.05, 0.1) is 24.1 Å². The van der Waals surface area contributed by atoms with Crippen molar-refractivity contribution in [2.75, 3.05) is 18.8 Å². The Bertz CT molecular complexity index is 686. The molecule has 2 N–H and O–H groups in total. The van der Waals surface area contributed by atoms with Crippen LogP contribution in [0.3, 0.4) is 0 Å². The maximum Gasteiger partial charge on any atom is 0.244 e. The first-order chi connectivity index (χ1) is 11.6. The van der Waals surface area contributed by atoms with Crippen LogP contribution < -0.4 is 5.73 Å². The number of pyridine rings is 1. The Morgan fingerprint density at radius 1 is 1.46 bits per heavy atom. The number of aromatic nitrogens is 3. The number of likely N-dealkylation sites (tertiary alicyclic amines) is 1. The Morgan fingerprint density at radius 2 is 2.33 bits per heavy atom. The highest BCUT2D eigenvalue weighted by Gasteiger charge is 2.24. The Kier molecular flexibility index (Phi) is 5.10. The van der Waals surface area contributed by atoms with Crippen molar-refractivity contribution >= 4 is 11.7 Å². The molecule has 7 heteroatoms. The maximum atomic E-state index is 12.5. The summed E-state index contributed by atoms with van der Waals surface area (Å²) in [6, 6.07) is 7.53.